The third-order valence-electron chi connectivity index (χ3n) is 5.94. The lowest BCUT2D eigenvalue weighted by atomic mass is 9.84. The summed E-state index contributed by atoms with van der Waals surface area (Å²) in [5.41, 5.74) is 4.33. The van der Waals surface area contributed by atoms with Crippen LogP contribution in [0.2, 0.25) is 0 Å². The Morgan fingerprint density at radius 1 is 1.12 bits per heavy atom. The van der Waals surface area contributed by atoms with Crippen molar-refractivity contribution in [2.75, 3.05) is 24.5 Å². The third-order valence-corrected chi connectivity index (χ3v) is 5.94. The molecule has 3 aromatic rings. The molecule has 0 saturated heterocycles. The summed E-state index contributed by atoms with van der Waals surface area (Å²) >= 11 is 0. The molecule has 2 aliphatic rings. The van der Waals surface area contributed by atoms with Crippen LogP contribution in [0.25, 0.3) is 0 Å². The molecule has 2 N–H and O–H groups in total. The minimum atomic E-state index is -0.167. The first kappa shape index (κ1) is 20.9. The largest absolute Gasteiger partial charge is 0.493 e. The van der Waals surface area contributed by atoms with Gasteiger partial charge in [0.25, 0.3) is 0 Å². The van der Waals surface area contributed by atoms with Crippen LogP contribution in [0.4, 0.5) is 11.4 Å². The lowest BCUT2D eigenvalue weighted by Crippen LogP contribution is -2.24. The van der Waals surface area contributed by atoms with Gasteiger partial charge in [0.1, 0.15) is 0 Å². The van der Waals surface area contributed by atoms with Crippen molar-refractivity contribution in [3.8, 4) is 17.2 Å². The van der Waals surface area contributed by atoms with Gasteiger partial charge in [-0.05, 0) is 47.4 Å². The molecular weight excluding hydrogens is 420 g/mol. The van der Waals surface area contributed by atoms with Gasteiger partial charge in [0.15, 0.2) is 11.5 Å². The van der Waals surface area contributed by atoms with Crippen molar-refractivity contribution < 1.29 is 23.8 Å². The molecule has 0 aromatic heterocycles. The first-order valence-corrected chi connectivity index (χ1v) is 10.9. The monoisotopic (exact) mass is 444 g/mol. The summed E-state index contributed by atoms with van der Waals surface area (Å²) in [6.45, 7) is 0.143. The first-order chi connectivity index (χ1) is 16.1. The van der Waals surface area contributed by atoms with Crippen molar-refractivity contribution >= 4 is 23.2 Å². The number of amides is 2. The number of hydrogen-bond donors (Lipinski definition) is 2. The molecule has 0 fully saturated rings. The average Bonchev–Trinajstić information content (AvgIpc) is 3.31. The van der Waals surface area contributed by atoms with Crippen molar-refractivity contribution in [2.24, 2.45) is 0 Å². The number of benzene rings is 3. The predicted molar refractivity (Wildman–Crippen MR) is 124 cm³/mol. The Hall–Kier alpha value is -4.00. The summed E-state index contributed by atoms with van der Waals surface area (Å²) in [6.07, 6.45) is 1.36. The Kier molecular flexibility index (Phi) is 5.60. The van der Waals surface area contributed by atoms with Gasteiger partial charge in [-0.2, -0.15) is 0 Å². The predicted octanol–water partition coefficient (Wildman–Crippen LogP) is 4.47. The first-order valence-electron chi connectivity index (χ1n) is 10.9. The standard InChI is InChI=1S/C26H24N2O5/c1-31-22-11-17(12-23-26(22)33-15-32-23)20-14-25(30)28-21-13-18(8-9-19(20)21)27-24(29)10-7-16-5-3-2-4-6-16/h2-6,8-9,11-13,20H,7,10,14-15H2,1H3,(H,27,29)(H,28,30). The second-order valence-corrected chi connectivity index (χ2v) is 8.10. The van der Waals surface area contributed by atoms with Crippen molar-refractivity contribution in [1.82, 2.24) is 0 Å². The number of anilines is 2. The highest BCUT2D eigenvalue weighted by molar-refractivity contribution is 5.97. The van der Waals surface area contributed by atoms with E-state index in [0.29, 0.717) is 47.9 Å². The number of hydrogen-bond acceptors (Lipinski definition) is 5. The Morgan fingerprint density at radius 2 is 1.97 bits per heavy atom. The number of methoxy groups -OCH3 is 1. The second kappa shape index (κ2) is 8.86. The maximum atomic E-state index is 12.5. The molecule has 168 valence electrons. The number of rotatable bonds is 6. The Morgan fingerprint density at radius 3 is 2.79 bits per heavy atom. The van der Waals surface area contributed by atoms with Gasteiger partial charge >= 0.3 is 0 Å². The van der Waals surface area contributed by atoms with Crippen LogP contribution in [-0.2, 0) is 16.0 Å². The minimum Gasteiger partial charge on any atom is -0.493 e. The van der Waals surface area contributed by atoms with Crippen LogP contribution in [0, 0.1) is 0 Å². The van der Waals surface area contributed by atoms with Gasteiger partial charge in [0, 0.05) is 30.1 Å². The van der Waals surface area contributed by atoms with E-state index in [1.807, 2.05) is 60.7 Å². The Bertz CT molecular complexity index is 1210. The number of fused-ring (bicyclic) bond motifs is 2. The highest BCUT2D eigenvalue weighted by atomic mass is 16.7. The van der Waals surface area contributed by atoms with Crippen molar-refractivity contribution in [3.63, 3.8) is 0 Å². The van der Waals surface area contributed by atoms with Crippen molar-refractivity contribution in [1.29, 1.82) is 0 Å². The van der Waals surface area contributed by atoms with Crippen molar-refractivity contribution in [3.05, 3.63) is 77.4 Å². The van der Waals surface area contributed by atoms with E-state index in [9.17, 15) is 9.59 Å². The van der Waals surface area contributed by atoms with Crippen LogP contribution in [0.5, 0.6) is 17.2 Å². The summed E-state index contributed by atoms with van der Waals surface area (Å²) in [6, 6.07) is 19.3. The highest BCUT2D eigenvalue weighted by Gasteiger charge is 2.30. The van der Waals surface area contributed by atoms with Gasteiger partial charge in [-0.25, -0.2) is 0 Å². The van der Waals surface area contributed by atoms with Crippen LogP contribution >= 0.6 is 0 Å². The topological polar surface area (TPSA) is 85.9 Å². The average molecular weight is 444 g/mol. The summed E-state index contributed by atoms with van der Waals surface area (Å²) in [7, 11) is 1.58. The molecule has 0 aliphatic carbocycles. The fourth-order valence-electron chi connectivity index (χ4n) is 4.32. The van der Waals surface area contributed by atoms with E-state index in [1.165, 1.54) is 0 Å². The lowest BCUT2D eigenvalue weighted by Gasteiger charge is -2.27. The fourth-order valence-corrected chi connectivity index (χ4v) is 4.32. The van der Waals surface area contributed by atoms with Crippen LogP contribution in [0.15, 0.2) is 60.7 Å². The van der Waals surface area contributed by atoms with Gasteiger partial charge in [-0.15, -0.1) is 0 Å². The van der Waals surface area contributed by atoms with Gasteiger partial charge in [0.05, 0.1) is 7.11 Å². The quantitative estimate of drug-likeness (QED) is 0.586. The number of ether oxygens (including phenoxy) is 3. The lowest BCUT2D eigenvalue weighted by molar-refractivity contribution is -0.117. The third kappa shape index (κ3) is 4.35. The molecule has 7 heteroatoms. The fraction of sp³-hybridized carbons (Fsp3) is 0.231. The Balaban J connectivity index is 1.36. The van der Waals surface area contributed by atoms with Crippen molar-refractivity contribution in [2.45, 2.75) is 25.2 Å². The van der Waals surface area contributed by atoms with Gasteiger partial charge in [-0.3, -0.25) is 9.59 Å². The Labute approximate surface area is 191 Å². The normalized spacial score (nSPS) is 16.0. The summed E-state index contributed by atoms with van der Waals surface area (Å²) in [5, 5.41) is 5.87. The minimum absolute atomic E-state index is 0.0713. The van der Waals surface area contributed by atoms with Crippen LogP contribution in [-0.4, -0.2) is 25.7 Å². The van der Waals surface area contributed by atoms with E-state index in [1.54, 1.807) is 7.11 Å². The zero-order valence-corrected chi connectivity index (χ0v) is 18.2. The molecule has 2 amide bonds. The summed E-state index contributed by atoms with van der Waals surface area (Å²) in [4.78, 5) is 24.9. The molecule has 1 atom stereocenters. The molecule has 0 spiro atoms. The van der Waals surface area contributed by atoms with Crippen LogP contribution in [0.3, 0.4) is 0 Å². The molecule has 7 nitrogen and oxygen atoms in total. The molecule has 3 aromatic carbocycles. The second-order valence-electron chi connectivity index (χ2n) is 8.10. The SMILES string of the molecule is COc1cc(C2CC(=O)Nc3cc(NC(=O)CCc4ccccc4)ccc32)cc2c1OCO2. The molecule has 2 aliphatic heterocycles. The van der Waals surface area contributed by atoms with E-state index in [-0.39, 0.29) is 24.5 Å². The van der Waals surface area contributed by atoms with E-state index in [0.717, 1.165) is 16.7 Å². The summed E-state index contributed by atoms with van der Waals surface area (Å²) in [5.74, 6) is 1.44. The maximum Gasteiger partial charge on any atom is 0.231 e. The molecule has 0 saturated carbocycles. The van der Waals surface area contributed by atoms with E-state index < -0.39 is 0 Å². The van der Waals surface area contributed by atoms with Crippen LogP contribution < -0.4 is 24.8 Å². The van der Waals surface area contributed by atoms with Gasteiger partial charge in [0.2, 0.25) is 24.4 Å². The molecular formula is C26H24N2O5. The van der Waals surface area contributed by atoms with Crippen LogP contribution in [0.1, 0.15) is 35.4 Å². The number of carbonyl (C=O) groups excluding carboxylic acids is 2. The highest BCUT2D eigenvalue weighted by Crippen LogP contribution is 2.46. The molecule has 1 unspecified atom stereocenters. The number of nitrogens with one attached hydrogen (secondary N) is 2. The van der Waals surface area contributed by atoms with Gasteiger partial charge < -0.3 is 24.8 Å². The number of carbonyl (C=O) groups is 2. The zero-order valence-electron chi connectivity index (χ0n) is 18.2. The molecule has 0 radical (unpaired) electrons. The van der Waals surface area contributed by atoms with Gasteiger partial charge in [-0.1, -0.05) is 36.4 Å². The molecule has 2 heterocycles. The molecule has 5 rings (SSSR count). The van der Waals surface area contributed by atoms with E-state index in [4.69, 9.17) is 14.2 Å². The summed E-state index contributed by atoms with van der Waals surface area (Å²) < 4.78 is 16.5. The van der Waals surface area contributed by atoms with E-state index in [2.05, 4.69) is 10.6 Å². The molecule has 33 heavy (non-hydrogen) atoms. The number of aryl methyl sites for hydroxylation is 1. The zero-order chi connectivity index (χ0) is 22.8. The smallest absolute Gasteiger partial charge is 0.231 e. The molecule has 0 bridgehead atoms. The van der Waals surface area contributed by atoms with E-state index >= 15 is 0 Å². The maximum absolute atomic E-state index is 12.5.